The smallest absolute Gasteiger partial charge is 0.187 e. The average molecular weight is 441 g/mol. The molecule has 7 heteroatoms. The summed E-state index contributed by atoms with van der Waals surface area (Å²) >= 11 is 0. The van der Waals surface area contributed by atoms with Gasteiger partial charge < -0.3 is 0 Å². The van der Waals surface area contributed by atoms with Gasteiger partial charge in [0.05, 0.1) is 16.2 Å². The van der Waals surface area contributed by atoms with Gasteiger partial charge >= 0.3 is 0 Å². The van der Waals surface area contributed by atoms with Gasteiger partial charge in [-0.1, -0.05) is 61.7 Å². The van der Waals surface area contributed by atoms with Crippen LogP contribution in [0.1, 0.15) is 58.4 Å². The van der Waals surface area contributed by atoms with Crippen molar-refractivity contribution in [3.63, 3.8) is 0 Å². The largest absolute Gasteiger partial charge is 0.228 e. The minimum Gasteiger partial charge on any atom is -0.228 e. The third-order valence-corrected chi connectivity index (χ3v) is 8.19. The summed E-state index contributed by atoms with van der Waals surface area (Å²) in [7, 11) is -2.99. The molecule has 0 N–H and O–H groups in total. The molecule has 0 bridgehead atoms. The topological polar surface area (TPSA) is 77.7 Å². The van der Waals surface area contributed by atoms with Crippen molar-refractivity contribution >= 4 is 9.84 Å². The van der Waals surface area contributed by atoms with Crippen LogP contribution in [0.4, 0.5) is 0 Å². The number of benzene rings is 2. The highest BCUT2D eigenvalue weighted by molar-refractivity contribution is 7.92. The van der Waals surface area contributed by atoms with E-state index < -0.39 is 14.6 Å². The molecule has 0 saturated carbocycles. The molecule has 6 nitrogen and oxygen atoms in total. The number of para-hydroxylation sites is 1. The van der Waals surface area contributed by atoms with Crippen molar-refractivity contribution in [3.05, 3.63) is 60.2 Å². The Morgan fingerprint density at radius 1 is 0.839 bits per heavy atom. The van der Waals surface area contributed by atoms with Crippen LogP contribution < -0.4 is 0 Å². The number of aromatic nitrogens is 4. The van der Waals surface area contributed by atoms with Crippen LogP contribution in [0, 0.1) is 0 Å². The molecule has 0 aliphatic carbocycles. The fraction of sp³-hybridized carbons (Fsp3) is 0.458. The number of aryl methyl sites for hydroxylation is 1. The second kappa shape index (κ2) is 10.2. The minimum atomic E-state index is -2.99. The van der Waals surface area contributed by atoms with E-state index in [1.54, 1.807) is 25.5 Å². The molecule has 0 radical (unpaired) electrons. The van der Waals surface area contributed by atoms with Crippen LogP contribution >= 0.6 is 0 Å². The number of hydrogen-bond acceptors (Lipinski definition) is 5. The van der Waals surface area contributed by atoms with Crippen LogP contribution in [0.2, 0.25) is 0 Å². The standard InChI is InChI=1S/C24H32N4O2S/c1-24(2,3)31(29,30)19-11-6-4-5-8-12-20-15-17-21(18-16-20)23-25-26-27-28(23)22-13-9-7-10-14-22/h7,9-10,13-18H,4-6,8,11-12,19H2,1-3H3. The van der Waals surface area contributed by atoms with Crippen LogP contribution in [0.5, 0.6) is 0 Å². The second-order valence-corrected chi connectivity index (χ2v) is 11.8. The lowest BCUT2D eigenvalue weighted by molar-refractivity contribution is 0.552. The zero-order valence-corrected chi connectivity index (χ0v) is 19.5. The van der Waals surface area contributed by atoms with E-state index in [1.807, 2.05) is 30.3 Å². The van der Waals surface area contributed by atoms with E-state index in [2.05, 4.69) is 39.8 Å². The molecule has 0 spiro atoms. The van der Waals surface area contributed by atoms with Crippen molar-refractivity contribution < 1.29 is 8.42 Å². The summed E-state index contributed by atoms with van der Waals surface area (Å²) in [5.41, 5.74) is 3.21. The van der Waals surface area contributed by atoms with Gasteiger partial charge in [0.1, 0.15) is 0 Å². The second-order valence-electron chi connectivity index (χ2n) is 8.90. The van der Waals surface area contributed by atoms with Gasteiger partial charge in [-0.2, -0.15) is 4.68 Å². The lowest BCUT2D eigenvalue weighted by atomic mass is 10.0. The SMILES string of the molecule is CC(C)(C)S(=O)(=O)CCCCCCCc1ccc(-c2nnnn2-c2ccccc2)cc1. The van der Waals surface area contributed by atoms with E-state index in [-0.39, 0.29) is 0 Å². The van der Waals surface area contributed by atoms with E-state index in [4.69, 9.17) is 0 Å². The summed E-state index contributed by atoms with van der Waals surface area (Å²) < 4.78 is 25.3. The quantitative estimate of drug-likeness (QED) is 0.413. The summed E-state index contributed by atoms with van der Waals surface area (Å²) in [6.45, 7) is 5.32. The highest BCUT2D eigenvalue weighted by Gasteiger charge is 2.27. The molecule has 1 aromatic heterocycles. The van der Waals surface area contributed by atoms with E-state index in [1.165, 1.54) is 5.56 Å². The van der Waals surface area contributed by atoms with Gasteiger partial charge in [-0.05, 0) is 68.2 Å². The van der Waals surface area contributed by atoms with Gasteiger partial charge in [-0.15, -0.1) is 5.10 Å². The third-order valence-electron chi connectivity index (χ3n) is 5.49. The van der Waals surface area contributed by atoms with Crippen molar-refractivity contribution in [3.8, 4) is 17.1 Å². The minimum absolute atomic E-state index is 0.292. The molecule has 0 atom stereocenters. The maximum Gasteiger partial charge on any atom is 0.187 e. The Morgan fingerprint density at radius 3 is 2.16 bits per heavy atom. The fourth-order valence-electron chi connectivity index (χ4n) is 3.39. The van der Waals surface area contributed by atoms with Gasteiger partial charge in [0.25, 0.3) is 0 Å². The normalized spacial score (nSPS) is 12.2. The molecule has 0 fully saturated rings. The van der Waals surface area contributed by atoms with E-state index >= 15 is 0 Å². The van der Waals surface area contributed by atoms with E-state index in [9.17, 15) is 8.42 Å². The van der Waals surface area contributed by atoms with Crippen molar-refractivity contribution in [1.82, 2.24) is 20.2 Å². The van der Waals surface area contributed by atoms with Crippen LogP contribution in [-0.2, 0) is 16.3 Å². The summed E-state index contributed by atoms with van der Waals surface area (Å²) in [6.07, 6.45) is 6.03. The van der Waals surface area contributed by atoms with Crippen molar-refractivity contribution in [2.45, 2.75) is 64.0 Å². The van der Waals surface area contributed by atoms with Gasteiger partial charge in [-0.25, -0.2) is 8.42 Å². The van der Waals surface area contributed by atoms with Crippen LogP contribution in [0.3, 0.4) is 0 Å². The number of unbranched alkanes of at least 4 members (excludes halogenated alkanes) is 4. The zero-order valence-electron chi connectivity index (χ0n) is 18.7. The maximum atomic E-state index is 12.1. The van der Waals surface area contributed by atoms with Crippen molar-refractivity contribution in [2.24, 2.45) is 0 Å². The zero-order chi connectivity index (χ0) is 22.3. The number of hydrogen-bond donors (Lipinski definition) is 0. The third kappa shape index (κ3) is 6.23. The Bertz CT molecular complexity index is 1050. The molecule has 1 heterocycles. The Labute approximate surface area is 185 Å². The first-order valence-electron chi connectivity index (χ1n) is 10.9. The summed E-state index contributed by atoms with van der Waals surface area (Å²) in [4.78, 5) is 0. The summed E-state index contributed by atoms with van der Waals surface area (Å²) in [6, 6.07) is 18.3. The molecular weight excluding hydrogens is 408 g/mol. The first kappa shape index (κ1) is 23.1. The number of tetrazole rings is 1. The van der Waals surface area contributed by atoms with Gasteiger partial charge in [-0.3, -0.25) is 0 Å². The average Bonchev–Trinajstić information content (AvgIpc) is 3.23. The summed E-state index contributed by atoms with van der Waals surface area (Å²) in [5, 5.41) is 12.1. The van der Waals surface area contributed by atoms with Gasteiger partial charge in [0.15, 0.2) is 15.7 Å². The molecule has 31 heavy (non-hydrogen) atoms. The highest BCUT2D eigenvalue weighted by Crippen LogP contribution is 2.21. The summed E-state index contributed by atoms with van der Waals surface area (Å²) in [5.74, 6) is 1.02. The van der Waals surface area contributed by atoms with Gasteiger partial charge in [0.2, 0.25) is 0 Å². The molecule has 2 aromatic carbocycles. The van der Waals surface area contributed by atoms with Crippen LogP contribution in [-0.4, -0.2) is 39.1 Å². The monoisotopic (exact) mass is 440 g/mol. The Morgan fingerprint density at radius 2 is 1.48 bits per heavy atom. The number of sulfone groups is 1. The van der Waals surface area contributed by atoms with Gasteiger partial charge in [0, 0.05) is 5.56 Å². The van der Waals surface area contributed by atoms with Crippen LogP contribution in [0.15, 0.2) is 54.6 Å². The first-order chi connectivity index (χ1) is 14.8. The Balaban J connectivity index is 1.44. The number of nitrogens with zero attached hydrogens (tertiary/aromatic N) is 4. The molecule has 3 aromatic rings. The molecule has 0 unspecified atom stereocenters. The van der Waals surface area contributed by atoms with Crippen molar-refractivity contribution in [2.75, 3.05) is 5.75 Å². The maximum absolute atomic E-state index is 12.1. The van der Waals surface area contributed by atoms with Crippen molar-refractivity contribution in [1.29, 1.82) is 0 Å². The lowest BCUT2D eigenvalue weighted by Crippen LogP contribution is -2.30. The molecule has 0 saturated heterocycles. The lowest BCUT2D eigenvalue weighted by Gasteiger charge is -2.18. The van der Waals surface area contributed by atoms with E-state index in [0.717, 1.165) is 55.6 Å². The number of rotatable bonds is 10. The molecule has 0 aliphatic heterocycles. The molecule has 0 aliphatic rings. The predicted molar refractivity (Wildman–Crippen MR) is 125 cm³/mol. The fourth-order valence-corrected chi connectivity index (χ4v) is 4.58. The predicted octanol–water partition coefficient (Wildman–Crippen LogP) is 5.04. The molecule has 3 rings (SSSR count). The Hall–Kier alpha value is -2.54. The molecular formula is C24H32N4O2S. The Kier molecular flexibility index (Phi) is 7.59. The molecule has 0 amide bonds. The molecule has 166 valence electrons. The first-order valence-corrected chi connectivity index (χ1v) is 12.6. The van der Waals surface area contributed by atoms with Crippen LogP contribution in [0.25, 0.3) is 17.1 Å². The highest BCUT2D eigenvalue weighted by atomic mass is 32.2. The van der Waals surface area contributed by atoms with E-state index in [0.29, 0.717) is 5.75 Å².